The second kappa shape index (κ2) is 9.95. The number of halogens is 1. The second-order valence-corrected chi connectivity index (χ2v) is 6.74. The third kappa shape index (κ3) is 5.61. The molecule has 1 saturated heterocycles. The number of hydrazone groups is 1. The lowest BCUT2D eigenvalue weighted by Crippen LogP contribution is -2.43. The van der Waals surface area contributed by atoms with Crippen molar-refractivity contribution in [2.45, 2.75) is 0 Å². The summed E-state index contributed by atoms with van der Waals surface area (Å²) in [5.74, 6) is 0.0897. The Morgan fingerprint density at radius 2 is 2.11 bits per heavy atom. The molecule has 0 atom stereocenters. The van der Waals surface area contributed by atoms with Gasteiger partial charge in [-0.3, -0.25) is 14.6 Å². The molecule has 2 amide bonds. The largest absolute Gasteiger partial charge is 0.483 e. The molecule has 1 aromatic carbocycles. The van der Waals surface area contributed by atoms with E-state index in [-0.39, 0.29) is 18.2 Å². The van der Waals surface area contributed by atoms with Crippen LogP contribution in [0.1, 0.15) is 16.1 Å². The molecule has 3 rings (SSSR count). The molecule has 1 aromatic heterocycles. The van der Waals surface area contributed by atoms with E-state index in [1.54, 1.807) is 41.3 Å². The zero-order valence-electron chi connectivity index (χ0n) is 15.0. The van der Waals surface area contributed by atoms with Crippen LogP contribution in [0.15, 0.2) is 52.2 Å². The molecule has 1 N–H and O–H groups in total. The van der Waals surface area contributed by atoms with Gasteiger partial charge in [-0.1, -0.05) is 6.07 Å². The highest BCUT2D eigenvalue weighted by atomic mass is 79.9. The molecule has 9 heteroatoms. The van der Waals surface area contributed by atoms with Crippen LogP contribution in [0.4, 0.5) is 0 Å². The van der Waals surface area contributed by atoms with Crippen molar-refractivity contribution in [3.05, 3.63) is 58.3 Å². The first-order chi connectivity index (χ1) is 13.6. The number of rotatable bonds is 6. The predicted molar refractivity (Wildman–Crippen MR) is 106 cm³/mol. The predicted octanol–water partition coefficient (Wildman–Crippen LogP) is 1.85. The fraction of sp³-hybridized carbons (Fsp3) is 0.263. The Bertz CT molecular complexity index is 854. The Hall–Kier alpha value is -2.78. The van der Waals surface area contributed by atoms with Crippen LogP contribution >= 0.6 is 15.9 Å². The van der Waals surface area contributed by atoms with Gasteiger partial charge >= 0.3 is 0 Å². The smallest absolute Gasteiger partial charge is 0.289 e. The summed E-state index contributed by atoms with van der Waals surface area (Å²) in [4.78, 5) is 29.7. The van der Waals surface area contributed by atoms with Crippen molar-refractivity contribution in [1.29, 1.82) is 0 Å². The van der Waals surface area contributed by atoms with Crippen molar-refractivity contribution in [2.75, 3.05) is 32.9 Å². The van der Waals surface area contributed by atoms with Crippen molar-refractivity contribution >= 4 is 34.0 Å². The lowest BCUT2D eigenvalue weighted by Gasteiger charge is -2.26. The van der Waals surface area contributed by atoms with Crippen molar-refractivity contribution < 1.29 is 19.1 Å². The third-order valence-electron chi connectivity index (χ3n) is 3.95. The van der Waals surface area contributed by atoms with Crippen LogP contribution in [0.3, 0.4) is 0 Å². The van der Waals surface area contributed by atoms with Crippen LogP contribution in [0.2, 0.25) is 0 Å². The molecule has 1 aliphatic heterocycles. The van der Waals surface area contributed by atoms with Gasteiger partial charge in [0.05, 0.1) is 23.9 Å². The van der Waals surface area contributed by atoms with Crippen molar-refractivity contribution in [3.63, 3.8) is 0 Å². The Labute approximate surface area is 170 Å². The van der Waals surface area contributed by atoms with E-state index in [2.05, 4.69) is 31.4 Å². The summed E-state index contributed by atoms with van der Waals surface area (Å²) in [6.45, 7) is 2.25. The average Bonchev–Trinajstić information content (AvgIpc) is 2.74. The maximum Gasteiger partial charge on any atom is 0.289 e. The molecule has 0 spiro atoms. The number of amides is 2. The lowest BCUT2D eigenvalue weighted by atomic mass is 10.2. The van der Waals surface area contributed by atoms with Gasteiger partial charge < -0.3 is 14.4 Å². The number of carbonyl (C=O) groups excluding carboxylic acids is 2. The van der Waals surface area contributed by atoms with E-state index in [1.807, 2.05) is 0 Å². The highest BCUT2D eigenvalue weighted by molar-refractivity contribution is 9.10. The quantitative estimate of drug-likeness (QED) is 0.539. The molecule has 0 radical (unpaired) electrons. The summed E-state index contributed by atoms with van der Waals surface area (Å²) in [5, 5.41) is 3.93. The van der Waals surface area contributed by atoms with E-state index in [1.165, 1.54) is 12.4 Å². The Kier molecular flexibility index (Phi) is 7.10. The van der Waals surface area contributed by atoms with Gasteiger partial charge in [0.15, 0.2) is 6.61 Å². The van der Waals surface area contributed by atoms with Gasteiger partial charge in [-0.05, 0) is 51.8 Å². The van der Waals surface area contributed by atoms with Crippen LogP contribution in [-0.4, -0.2) is 60.8 Å². The van der Waals surface area contributed by atoms with Crippen molar-refractivity contribution in [2.24, 2.45) is 5.10 Å². The number of ether oxygens (including phenoxy) is 2. The molecule has 0 unspecified atom stereocenters. The number of pyridine rings is 1. The summed E-state index contributed by atoms with van der Waals surface area (Å²) < 4.78 is 11.5. The number of aromatic nitrogens is 1. The topological polar surface area (TPSA) is 93.1 Å². The van der Waals surface area contributed by atoms with Gasteiger partial charge in [0.1, 0.15) is 11.4 Å². The normalized spacial score (nSPS) is 14.1. The van der Waals surface area contributed by atoms with E-state index < -0.39 is 5.91 Å². The highest BCUT2D eigenvalue weighted by Crippen LogP contribution is 2.25. The first-order valence-corrected chi connectivity index (χ1v) is 9.45. The molecule has 8 nitrogen and oxygen atoms in total. The fourth-order valence-electron chi connectivity index (χ4n) is 2.48. The van der Waals surface area contributed by atoms with Gasteiger partial charge in [-0.15, -0.1) is 0 Å². The van der Waals surface area contributed by atoms with Crippen LogP contribution in [-0.2, 0) is 9.53 Å². The first kappa shape index (κ1) is 20.0. The Morgan fingerprint density at radius 3 is 2.82 bits per heavy atom. The van der Waals surface area contributed by atoms with E-state index >= 15 is 0 Å². The lowest BCUT2D eigenvalue weighted by molar-refractivity contribution is -0.137. The average molecular weight is 447 g/mol. The summed E-state index contributed by atoms with van der Waals surface area (Å²) >= 11 is 3.42. The molecule has 1 fully saturated rings. The van der Waals surface area contributed by atoms with E-state index in [0.717, 1.165) is 5.56 Å². The number of carbonyl (C=O) groups is 2. The summed E-state index contributed by atoms with van der Waals surface area (Å²) in [5.41, 5.74) is 3.46. The van der Waals surface area contributed by atoms with Crippen LogP contribution in [0.25, 0.3) is 0 Å². The minimum absolute atomic E-state index is 0.0355. The molecule has 0 saturated carbocycles. The molecular formula is C19H19BrN4O4. The second-order valence-electron chi connectivity index (χ2n) is 5.89. The summed E-state index contributed by atoms with van der Waals surface area (Å²) in [6.07, 6.45) is 3.05. The maximum atomic E-state index is 12.1. The zero-order chi connectivity index (χ0) is 19.8. The number of nitrogens with zero attached hydrogens (tertiary/aromatic N) is 3. The number of hydrogen-bond donors (Lipinski definition) is 1. The van der Waals surface area contributed by atoms with Crippen LogP contribution < -0.4 is 10.2 Å². The Morgan fingerprint density at radius 1 is 1.29 bits per heavy atom. The van der Waals surface area contributed by atoms with Crippen molar-refractivity contribution in [1.82, 2.24) is 15.3 Å². The van der Waals surface area contributed by atoms with Crippen LogP contribution in [0.5, 0.6) is 5.75 Å². The highest BCUT2D eigenvalue weighted by Gasteiger charge is 2.17. The van der Waals surface area contributed by atoms with Gasteiger partial charge in [-0.25, -0.2) is 5.43 Å². The summed E-state index contributed by atoms with van der Waals surface area (Å²) in [7, 11) is 0. The van der Waals surface area contributed by atoms with Gasteiger partial charge in [-0.2, -0.15) is 5.10 Å². The van der Waals surface area contributed by atoms with Gasteiger partial charge in [0.2, 0.25) is 0 Å². The molecule has 0 bridgehead atoms. The molecule has 2 aromatic rings. The molecular weight excluding hydrogens is 428 g/mol. The number of hydrogen-bond acceptors (Lipinski definition) is 6. The molecule has 2 heterocycles. The third-order valence-corrected chi connectivity index (χ3v) is 4.57. The minimum Gasteiger partial charge on any atom is -0.483 e. The first-order valence-electron chi connectivity index (χ1n) is 8.66. The number of morpholine rings is 1. The zero-order valence-corrected chi connectivity index (χ0v) is 16.6. The van der Waals surface area contributed by atoms with Gasteiger partial charge in [0.25, 0.3) is 11.8 Å². The van der Waals surface area contributed by atoms with E-state index in [4.69, 9.17) is 9.47 Å². The summed E-state index contributed by atoms with van der Waals surface area (Å²) in [6, 6.07) is 10.4. The molecule has 146 valence electrons. The van der Waals surface area contributed by atoms with E-state index in [0.29, 0.717) is 36.5 Å². The van der Waals surface area contributed by atoms with Gasteiger partial charge in [0, 0.05) is 19.3 Å². The molecule has 0 aliphatic carbocycles. The minimum atomic E-state index is -0.391. The Balaban J connectivity index is 1.52. The number of nitrogens with one attached hydrogen (secondary N) is 1. The maximum absolute atomic E-state index is 12.1. The van der Waals surface area contributed by atoms with Crippen molar-refractivity contribution in [3.8, 4) is 5.75 Å². The monoisotopic (exact) mass is 446 g/mol. The molecule has 1 aliphatic rings. The molecule has 28 heavy (non-hydrogen) atoms. The number of benzene rings is 1. The fourth-order valence-corrected chi connectivity index (χ4v) is 2.99. The standard InChI is InChI=1S/C19H19BrN4O4/c20-15-11-14(12-22-23-19(26)16-3-1-2-6-21-16)4-5-17(15)28-13-18(25)24-7-9-27-10-8-24/h1-6,11-12H,7-10,13H2,(H,23,26). The van der Waals surface area contributed by atoms with E-state index in [9.17, 15) is 9.59 Å². The van der Waals surface area contributed by atoms with Crippen LogP contribution in [0, 0.1) is 0 Å². The SMILES string of the molecule is O=C(NN=Cc1ccc(OCC(=O)N2CCOCC2)c(Br)c1)c1ccccn1.